The fourth-order valence-electron chi connectivity index (χ4n) is 3.35. The summed E-state index contributed by atoms with van der Waals surface area (Å²) in [4.78, 5) is 22.6. The van der Waals surface area contributed by atoms with Crippen molar-refractivity contribution in [3.63, 3.8) is 0 Å². The lowest BCUT2D eigenvalue weighted by Crippen LogP contribution is -2.12. The summed E-state index contributed by atoms with van der Waals surface area (Å²) in [6.07, 6.45) is 1.23. The van der Waals surface area contributed by atoms with Gasteiger partial charge in [0.05, 0.1) is 0 Å². The summed E-state index contributed by atoms with van der Waals surface area (Å²) in [7, 11) is 0. The minimum absolute atomic E-state index is 0.0114. The van der Waals surface area contributed by atoms with Crippen molar-refractivity contribution in [2.75, 3.05) is 16.0 Å². The van der Waals surface area contributed by atoms with Crippen LogP contribution in [0.25, 0.3) is 0 Å². The molecule has 2 aromatic heterocycles. The van der Waals surface area contributed by atoms with Crippen molar-refractivity contribution in [3.05, 3.63) is 87.7 Å². The SMILES string of the molecule is Cc1ccc(Nc2cc(C)nc(Nc3ccc(NC(=O)CCc4sccc4C)cc3)n2)cc1. The van der Waals surface area contributed by atoms with Crippen LogP contribution >= 0.6 is 11.3 Å². The first-order valence-electron chi connectivity index (χ1n) is 10.8. The number of nitrogens with one attached hydrogen (secondary N) is 3. The summed E-state index contributed by atoms with van der Waals surface area (Å²) in [5.41, 5.74) is 5.89. The second kappa shape index (κ2) is 10.3. The van der Waals surface area contributed by atoms with E-state index >= 15 is 0 Å². The number of nitrogens with zero attached hydrogens (tertiary/aromatic N) is 2. The number of hydrogen-bond donors (Lipinski definition) is 3. The molecule has 168 valence electrons. The Bertz CT molecular complexity index is 1230. The topological polar surface area (TPSA) is 78.9 Å². The van der Waals surface area contributed by atoms with Crippen LogP contribution in [0.3, 0.4) is 0 Å². The molecule has 4 rings (SSSR count). The van der Waals surface area contributed by atoms with Crippen LogP contribution in [-0.2, 0) is 11.2 Å². The van der Waals surface area contributed by atoms with Crippen molar-refractivity contribution < 1.29 is 4.79 Å². The number of hydrogen-bond acceptors (Lipinski definition) is 6. The lowest BCUT2D eigenvalue weighted by Gasteiger charge is -2.11. The third-order valence-corrected chi connectivity index (χ3v) is 6.23. The van der Waals surface area contributed by atoms with E-state index in [9.17, 15) is 4.79 Å². The Hall–Kier alpha value is -3.71. The Balaban J connectivity index is 1.35. The van der Waals surface area contributed by atoms with Crippen molar-refractivity contribution in [2.45, 2.75) is 33.6 Å². The molecule has 0 spiro atoms. The second-order valence-corrected chi connectivity index (χ2v) is 8.99. The Kier molecular flexibility index (Phi) is 7.00. The van der Waals surface area contributed by atoms with E-state index in [-0.39, 0.29) is 5.91 Å². The van der Waals surface area contributed by atoms with E-state index < -0.39 is 0 Å². The zero-order valence-corrected chi connectivity index (χ0v) is 19.8. The van der Waals surface area contributed by atoms with Gasteiger partial charge in [0.1, 0.15) is 5.82 Å². The van der Waals surface area contributed by atoms with E-state index in [0.717, 1.165) is 35.0 Å². The first-order chi connectivity index (χ1) is 15.9. The van der Waals surface area contributed by atoms with Crippen molar-refractivity contribution >= 4 is 46.1 Å². The Morgan fingerprint density at radius 1 is 0.848 bits per heavy atom. The maximum Gasteiger partial charge on any atom is 0.229 e. The number of thiophene rings is 1. The number of rotatable bonds is 8. The molecule has 2 heterocycles. The number of amides is 1. The highest BCUT2D eigenvalue weighted by molar-refractivity contribution is 7.10. The van der Waals surface area contributed by atoms with Crippen molar-refractivity contribution in [1.29, 1.82) is 0 Å². The van der Waals surface area contributed by atoms with Crippen molar-refractivity contribution in [2.24, 2.45) is 0 Å². The average molecular weight is 458 g/mol. The molecule has 4 aromatic rings. The number of anilines is 5. The molecule has 3 N–H and O–H groups in total. The molecule has 6 nitrogen and oxygen atoms in total. The van der Waals surface area contributed by atoms with Gasteiger partial charge >= 0.3 is 0 Å². The summed E-state index contributed by atoms with van der Waals surface area (Å²) in [5.74, 6) is 1.24. The molecule has 0 unspecified atom stereocenters. The van der Waals surface area contributed by atoms with Crippen LogP contribution in [0.1, 0.15) is 28.1 Å². The van der Waals surface area contributed by atoms with Gasteiger partial charge in [0.25, 0.3) is 0 Å². The zero-order valence-electron chi connectivity index (χ0n) is 19.0. The van der Waals surface area contributed by atoms with Crippen LogP contribution in [0.2, 0.25) is 0 Å². The fourth-order valence-corrected chi connectivity index (χ4v) is 4.26. The molecule has 33 heavy (non-hydrogen) atoms. The van der Waals surface area contributed by atoms with Gasteiger partial charge in [0, 0.05) is 40.1 Å². The summed E-state index contributed by atoms with van der Waals surface area (Å²) < 4.78 is 0. The molecule has 0 bridgehead atoms. The van der Waals surface area contributed by atoms with E-state index in [1.54, 1.807) is 11.3 Å². The highest BCUT2D eigenvalue weighted by Gasteiger charge is 2.07. The smallest absolute Gasteiger partial charge is 0.229 e. The molecule has 0 aliphatic carbocycles. The van der Waals surface area contributed by atoms with E-state index in [2.05, 4.69) is 63.3 Å². The third-order valence-electron chi connectivity index (χ3n) is 5.15. The zero-order chi connectivity index (χ0) is 23.2. The number of carbonyl (C=O) groups excluding carboxylic acids is 1. The fraction of sp³-hybridized carbons (Fsp3) is 0.192. The van der Waals surface area contributed by atoms with Gasteiger partial charge in [-0.25, -0.2) is 4.98 Å². The average Bonchev–Trinajstić information content (AvgIpc) is 3.20. The molecule has 0 radical (unpaired) electrons. The van der Waals surface area contributed by atoms with Gasteiger partial charge in [-0.05, 0) is 80.6 Å². The molecule has 0 aliphatic rings. The molecule has 0 fully saturated rings. The monoisotopic (exact) mass is 457 g/mol. The molecule has 0 saturated heterocycles. The van der Waals surface area contributed by atoms with Gasteiger partial charge in [0.15, 0.2) is 0 Å². The molecular formula is C26H27N5OS. The summed E-state index contributed by atoms with van der Waals surface area (Å²) in [6.45, 7) is 6.07. The molecule has 0 saturated carbocycles. The third kappa shape index (κ3) is 6.40. The van der Waals surface area contributed by atoms with Gasteiger partial charge in [0.2, 0.25) is 11.9 Å². The first kappa shape index (κ1) is 22.5. The standard InChI is InChI=1S/C26H27N5OS/c1-17-4-6-20(7-5-17)28-24-16-19(3)27-26(31-24)30-22-10-8-21(9-11-22)29-25(32)13-12-23-18(2)14-15-33-23/h4-11,14-16H,12-13H2,1-3H3,(H,29,32)(H2,27,28,30,31). The summed E-state index contributed by atoms with van der Waals surface area (Å²) >= 11 is 1.70. The normalized spacial score (nSPS) is 10.6. The summed E-state index contributed by atoms with van der Waals surface area (Å²) in [6, 6.07) is 19.7. The van der Waals surface area contributed by atoms with Gasteiger partial charge in [-0.3, -0.25) is 4.79 Å². The van der Waals surface area contributed by atoms with Gasteiger partial charge in [-0.1, -0.05) is 17.7 Å². The number of aromatic nitrogens is 2. The minimum atomic E-state index is 0.0114. The van der Waals surface area contributed by atoms with Crippen LogP contribution in [0.4, 0.5) is 28.8 Å². The Morgan fingerprint density at radius 2 is 1.52 bits per heavy atom. The lowest BCUT2D eigenvalue weighted by atomic mass is 10.2. The van der Waals surface area contributed by atoms with E-state index in [1.165, 1.54) is 16.0 Å². The maximum atomic E-state index is 12.3. The van der Waals surface area contributed by atoms with E-state index in [4.69, 9.17) is 0 Å². The summed E-state index contributed by atoms with van der Waals surface area (Å²) in [5, 5.41) is 11.6. The van der Waals surface area contributed by atoms with Crippen LogP contribution < -0.4 is 16.0 Å². The number of benzene rings is 2. The van der Waals surface area contributed by atoms with Crippen LogP contribution in [-0.4, -0.2) is 15.9 Å². The Morgan fingerprint density at radius 3 is 2.21 bits per heavy atom. The molecule has 2 aromatic carbocycles. The van der Waals surface area contributed by atoms with Crippen LogP contribution in [0.5, 0.6) is 0 Å². The first-order valence-corrected chi connectivity index (χ1v) is 11.7. The highest BCUT2D eigenvalue weighted by atomic mass is 32.1. The maximum absolute atomic E-state index is 12.3. The molecular weight excluding hydrogens is 430 g/mol. The highest BCUT2D eigenvalue weighted by Crippen LogP contribution is 2.21. The molecule has 0 atom stereocenters. The van der Waals surface area contributed by atoms with Gasteiger partial charge < -0.3 is 16.0 Å². The van der Waals surface area contributed by atoms with Gasteiger partial charge in [-0.15, -0.1) is 11.3 Å². The quantitative estimate of drug-likeness (QED) is 0.281. The van der Waals surface area contributed by atoms with E-state index in [0.29, 0.717) is 12.4 Å². The lowest BCUT2D eigenvalue weighted by molar-refractivity contribution is -0.116. The number of aryl methyl sites for hydroxylation is 4. The Labute approximate surface area is 198 Å². The van der Waals surface area contributed by atoms with Crippen molar-refractivity contribution in [1.82, 2.24) is 9.97 Å². The minimum Gasteiger partial charge on any atom is -0.340 e. The largest absolute Gasteiger partial charge is 0.340 e. The second-order valence-electron chi connectivity index (χ2n) is 7.99. The van der Waals surface area contributed by atoms with Gasteiger partial charge in [-0.2, -0.15) is 4.98 Å². The number of carbonyl (C=O) groups is 1. The van der Waals surface area contributed by atoms with Crippen LogP contribution in [0, 0.1) is 20.8 Å². The van der Waals surface area contributed by atoms with Crippen molar-refractivity contribution in [3.8, 4) is 0 Å². The van der Waals surface area contributed by atoms with E-state index in [1.807, 2.05) is 49.4 Å². The predicted octanol–water partition coefficient (Wildman–Crippen LogP) is 6.52. The van der Waals surface area contributed by atoms with Crippen LogP contribution in [0.15, 0.2) is 66.0 Å². The molecule has 7 heteroatoms. The molecule has 0 aliphatic heterocycles. The predicted molar refractivity (Wildman–Crippen MR) is 137 cm³/mol. The molecule has 1 amide bonds.